The molecule has 0 spiro atoms. The summed E-state index contributed by atoms with van der Waals surface area (Å²) in [5.41, 5.74) is 0. The molecule has 0 unspecified atom stereocenters. The first-order chi connectivity index (χ1) is 7.79. The van der Waals surface area contributed by atoms with Gasteiger partial charge in [0.1, 0.15) is 4.21 Å². The van der Waals surface area contributed by atoms with E-state index in [0.717, 1.165) is 16.2 Å². The van der Waals surface area contributed by atoms with E-state index in [0.29, 0.717) is 18.9 Å². The summed E-state index contributed by atoms with van der Waals surface area (Å²) >= 11 is 1.07. The van der Waals surface area contributed by atoms with Crippen LogP contribution in [0.25, 0.3) is 0 Å². The highest BCUT2D eigenvalue weighted by molar-refractivity contribution is 8.15. The Kier molecular flexibility index (Phi) is 4.97. The monoisotopic (exact) mass is 295 g/mol. The molecule has 0 atom stereocenters. The Morgan fingerprint density at radius 1 is 1.47 bits per heavy atom. The third kappa shape index (κ3) is 5.06. The molecular weight excluding hydrogens is 282 g/mol. The van der Waals surface area contributed by atoms with E-state index in [2.05, 4.69) is 5.32 Å². The molecule has 17 heavy (non-hydrogen) atoms. The second-order valence-electron chi connectivity index (χ2n) is 4.03. The minimum absolute atomic E-state index is 0.0383. The van der Waals surface area contributed by atoms with Crippen LogP contribution < -0.4 is 5.32 Å². The minimum atomic E-state index is -3.66. The van der Waals surface area contributed by atoms with Gasteiger partial charge in [0.05, 0.1) is 6.54 Å². The van der Waals surface area contributed by atoms with Crippen molar-refractivity contribution in [1.29, 1.82) is 0 Å². The Morgan fingerprint density at radius 3 is 2.59 bits per heavy atom. The molecule has 1 N–H and O–H groups in total. The summed E-state index contributed by atoms with van der Waals surface area (Å²) in [4.78, 5) is 12.1. The van der Waals surface area contributed by atoms with Gasteiger partial charge in [-0.1, -0.05) is 13.8 Å². The molecule has 0 fully saturated rings. The fraction of sp³-hybridized carbons (Fsp3) is 0.500. The van der Waals surface area contributed by atoms with E-state index in [-0.39, 0.29) is 10.1 Å². The fourth-order valence-electron chi connectivity index (χ4n) is 1.21. The van der Waals surface area contributed by atoms with E-state index in [1.54, 1.807) is 6.07 Å². The molecule has 1 aromatic heterocycles. The van der Waals surface area contributed by atoms with Crippen LogP contribution in [0.4, 0.5) is 0 Å². The van der Waals surface area contributed by atoms with Gasteiger partial charge in [-0.25, -0.2) is 8.42 Å². The summed E-state index contributed by atoms with van der Waals surface area (Å²) in [6, 6.07) is 3.09. The second kappa shape index (κ2) is 5.84. The van der Waals surface area contributed by atoms with E-state index < -0.39 is 9.05 Å². The Bertz CT molecular complexity index is 493. The summed E-state index contributed by atoms with van der Waals surface area (Å²) in [7, 11) is 1.54. The molecule has 1 rings (SSSR count). The van der Waals surface area contributed by atoms with Crippen LogP contribution in [0, 0.1) is 5.92 Å². The number of carbonyl (C=O) groups excluding carboxylic acids is 1. The average molecular weight is 296 g/mol. The molecule has 0 radical (unpaired) electrons. The van der Waals surface area contributed by atoms with Crippen molar-refractivity contribution in [3.8, 4) is 0 Å². The van der Waals surface area contributed by atoms with Crippen LogP contribution in [0.5, 0.6) is 0 Å². The number of thiophene rings is 1. The largest absolute Gasteiger partial charge is 0.351 e. The normalized spacial score (nSPS) is 11.8. The zero-order chi connectivity index (χ0) is 13.1. The highest BCUT2D eigenvalue weighted by atomic mass is 35.7. The molecule has 0 saturated heterocycles. The Balaban J connectivity index is 2.54. The van der Waals surface area contributed by atoms with Gasteiger partial charge in [0, 0.05) is 22.0 Å². The highest BCUT2D eigenvalue weighted by Gasteiger charge is 2.13. The van der Waals surface area contributed by atoms with Gasteiger partial charge in [0.15, 0.2) is 0 Å². The number of amides is 1. The first-order valence-corrected chi connectivity index (χ1v) is 8.21. The number of halogens is 1. The maximum atomic E-state index is 11.4. The summed E-state index contributed by atoms with van der Waals surface area (Å²) in [6.45, 7) is 4.26. The second-order valence-corrected chi connectivity index (χ2v) is 7.99. The lowest BCUT2D eigenvalue weighted by Gasteiger charge is -2.05. The van der Waals surface area contributed by atoms with Crippen LogP contribution in [-0.2, 0) is 20.4 Å². The van der Waals surface area contributed by atoms with Crippen molar-refractivity contribution in [3.05, 3.63) is 17.0 Å². The maximum Gasteiger partial charge on any atom is 0.270 e. The Morgan fingerprint density at radius 2 is 2.12 bits per heavy atom. The third-order valence-electron chi connectivity index (χ3n) is 1.93. The van der Waals surface area contributed by atoms with Crippen molar-refractivity contribution in [3.63, 3.8) is 0 Å². The van der Waals surface area contributed by atoms with E-state index in [1.165, 1.54) is 6.07 Å². The molecule has 0 aliphatic carbocycles. The predicted molar refractivity (Wildman–Crippen MR) is 68.7 cm³/mol. The zero-order valence-electron chi connectivity index (χ0n) is 9.57. The molecule has 0 aromatic carbocycles. The molecule has 1 amide bonds. The van der Waals surface area contributed by atoms with Gasteiger partial charge >= 0.3 is 0 Å². The van der Waals surface area contributed by atoms with Crippen molar-refractivity contribution in [1.82, 2.24) is 5.32 Å². The van der Waals surface area contributed by atoms with Gasteiger partial charge in [0.25, 0.3) is 9.05 Å². The molecule has 4 nitrogen and oxygen atoms in total. The van der Waals surface area contributed by atoms with Crippen molar-refractivity contribution in [2.75, 3.05) is 0 Å². The SMILES string of the molecule is CC(C)CC(=O)NCc1ccc(S(=O)(=O)Cl)s1. The van der Waals surface area contributed by atoms with Crippen LogP contribution in [-0.4, -0.2) is 14.3 Å². The molecule has 1 aromatic rings. The third-order valence-corrected chi connectivity index (χ3v) is 5.11. The van der Waals surface area contributed by atoms with E-state index in [4.69, 9.17) is 10.7 Å². The lowest BCUT2D eigenvalue weighted by atomic mass is 10.1. The van der Waals surface area contributed by atoms with Gasteiger partial charge in [0.2, 0.25) is 5.91 Å². The van der Waals surface area contributed by atoms with Crippen molar-refractivity contribution in [2.24, 2.45) is 5.92 Å². The Hall–Kier alpha value is -0.590. The van der Waals surface area contributed by atoms with Crippen molar-refractivity contribution >= 4 is 37.0 Å². The molecular formula is C10H14ClNO3S2. The van der Waals surface area contributed by atoms with Gasteiger partial charge < -0.3 is 5.32 Å². The number of hydrogen-bond donors (Lipinski definition) is 1. The smallest absolute Gasteiger partial charge is 0.270 e. The summed E-state index contributed by atoms with van der Waals surface area (Å²) < 4.78 is 22.1. The number of hydrogen-bond acceptors (Lipinski definition) is 4. The quantitative estimate of drug-likeness (QED) is 0.848. The van der Waals surface area contributed by atoms with E-state index >= 15 is 0 Å². The molecule has 96 valence electrons. The molecule has 0 aliphatic rings. The number of carbonyl (C=O) groups is 1. The number of rotatable bonds is 5. The maximum absolute atomic E-state index is 11.4. The van der Waals surface area contributed by atoms with Crippen LogP contribution in [0.2, 0.25) is 0 Å². The molecule has 0 bridgehead atoms. The minimum Gasteiger partial charge on any atom is -0.351 e. The topological polar surface area (TPSA) is 63.2 Å². The van der Waals surface area contributed by atoms with Gasteiger partial charge in [-0.2, -0.15) is 0 Å². The molecule has 7 heteroatoms. The van der Waals surface area contributed by atoms with Crippen molar-refractivity contribution < 1.29 is 13.2 Å². The number of nitrogens with one attached hydrogen (secondary N) is 1. The average Bonchev–Trinajstić information content (AvgIpc) is 2.61. The van der Waals surface area contributed by atoms with E-state index in [1.807, 2.05) is 13.8 Å². The lowest BCUT2D eigenvalue weighted by molar-refractivity contribution is -0.121. The first kappa shape index (κ1) is 14.5. The summed E-state index contributed by atoms with van der Waals surface area (Å²) in [5.74, 6) is 0.265. The zero-order valence-corrected chi connectivity index (χ0v) is 12.0. The molecule has 0 aliphatic heterocycles. The van der Waals surface area contributed by atoms with Crippen LogP contribution in [0.3, 0.4) is 0 Å². The fourth-order valence-corrected chi connectivity index (χ4v) is 3.28. The van der Waals surface area contributed by atoms with Crippen LogP contribution >= 0.6 is 22.0 Å². The van der Waals surface area contributed by atoms with Crippen LogP contribution in [0.1, 0.15) is 25.1 Å². The van der Waals surface area contributed by atoms with Crippen molar-refractivity contribution in [2.45, 2.75) is 31.0 Å². The van der Waals surface area contributed by atoms with Crippen LogP contribution in [0.15, 0.2) is 16.3 Å². The van der Waals surface area contributed by atoms with Gasteiger partial charge in [-0.05, 0) is 18.1 Å². The lowest BCUT2D eigenvalue weighted by Crippen LogP contribution is -2.23. The van der Waals surface area contributed by atoms with E-state index in [9.17, 15) is 13.2 Å². The summed E-state index contributed by atoms with van der Waals surface area (Å²) in [6.07, 6.45) is 0.464. The first-order valence-electron chi connectivity index (χ1n) is 5.09. The van der Waals surface area contributed by atoms with Gasteiger partial charge in [-0.15, -0.1) is 11.3 Å². The highest BCUT2D eigenvalue weighted by Crippen LogP contribution is 2.24. The molecule has 0 saturated carbocycles. The molecule has 1 heterocycles. The standard InChI is InChI=1S/C10H14ClNO3S2/c1-7(2)5-9(13)12-6-8-3-4-10(16-8)17(11,14)15/h3-4,7H,5-6H2,1-2H3,(H,12,13). The summed E-state index contributed by atoms with van der Waals surface area (Å²) in [5, 5.41) is 2.73. The van der Waals surface area contributed by atoms with Gasteiger partial charge in [-0.3, -0.25) is 4.79 Å². The predicted octanol–water partition coefficient (Wildman–Crippen LogP) is 2.34. The Labute approximate surface area is 109 Å².